The summed E-state index contributed by atoms with van der Waals surface area (Å²) < 4.78 is 17.6. The third-order valence-corrected chi connectivity index (χ3v) is 7.13. The van der Waals surface area contributed by atoms with Gasteiger partial charge in [0.05, 0.1) is 30.4 Å². The maximum Gasteiger partial charge on any atom is 0.323 e. The molecule has 1 aliphatic heterocycles. The lowest BCUT2D eigenvalue weighted by Gasteiger charge is -2.35. The topological polar surface area (TPSA) is 129 Å². The van der Waals surface area contributed by atoms with Gasteiger partial charge in [-0.1, -0.05) is 12.1 Å². The second kappa shape index (κ2) is 14.5. The third-order valence-electron chi connectivity index (χ3n) is 7.13. The summed E-state index contributed by atoms with van der Waals surface area (Å²) in [7, 11) is 4.01. The summed E-state index contributed by atoms with van der Waals surface area (Å²) in [5, 5.41) is 19.5. The molecule has 1 aromatic heterocycles. The molecule has 11 nitrogen and oxygen atoms in total. The van der Waals surface area contributed by atoms with E-state index in [2.05, 4.69) is 27.6 Å². The SMILES string of the molecule is Cc1noc(C)c1NC(=O)Nc1ccc2c(c1)C(=O)N([C@H](C)CO)C[C@H](C)[C@@H](CN(C)C)OCCCC[C@@H](C)O2. The number of hydrogen-bond acceptors (Lipinski definition) is 8. The van der Waals surface area contributed by atoms with E-state index in [0.29, 0.717) is 47.3 Å². The van der Waals surface area contributed by atoms with Crippen molar-refractivity contribution in [3.8, 4) is 5.75 Å². The zero-order valence-corrected chi connectivity index (χ0v) is 24.8. The monoisotopic (exact) mass is 559 g/mol. The number of hydrogen-bond donors (Lipinski definition) is 3. The van der Waals surface area contributed by atoms with Crippen LogP contribution in [0.15, 0.2) is 22.7 Å². The number of aliphatic hydroxyl groups excluding tert-OH is 1. The van der Waals surface area contributed by atoms with E-state index in [1.54, 1.807) is 36.9 Å². The zero-order chi connectivity index (χ0) is 29.4. The Balaban J connectivity index is 1.94. The first kappa shape index (κ1) is 31.4. The number of carbonyl (C=O) groups is 2. The van der Waals surface area contributed by atoms with Gasteiger partial charge in [0.15, 0.2) is 5.76 Å². The average molecular weight is 560 g/mol. The Morgan fingerprint density at radius 1 is 1.23 bits per heavy atom. The Morgan fingerprint density at radius 2 is 1.98 bits per heavy atom. The van der Waals surface area contributed by atoms with Crippen molar-refractivity contribution in [2.45, 2.75) is 72.1 Å². The van der Waals surface area contributed by atoms with Crippen molar-refractivity contribution < 1.29 is 28.7 Å². The van der Waals surface area contributed by atoms with Gasteiger partial charge in [-0.3, -0.25) is 4.79 Å². The summed E-state index contributed by atoms with van der Waals surface area (Å²) in [6.45, 7) is 10.9. The first-order chi connectivity index (χ1) is 19.0. The number of fused-ring (bicyclic) bond motifs is 1. The van der Waals surface area contributed by atoms with Gasteiger partial charge >= 0.3 is 6.03 Å². The number of nitrogens with one attached hydrogen (secondary N) is 2. The first-order valence-electron chi connectivity index (χ1n) is 14.0. The van der Waals surface area contributed by atoms with Crippen molar-refractivity contribution >= 4 is 23.3 Å². The van der Waals surface area contributed by atoms with E-state index in [4.69, 9.17) is 14.0 Å². The highest BCUT2D eigenvalue weighted by Gasteiger charge is 2.30. The summed E-state index contributed by atoms with van der Waals surface area (Å²) in [4.78, 5) is 30.6. The first-order valence-corrected chi connectivity index (χ1v) is 14.0. The van der Waals surface area contributed by atoms with Crippen LogP contribution in [-0.2, 0) is 4.74 Å². The largest absolute Gasteiger partial charge is 0.490 e. The van der Waals surface area contributed by atoms with Gasteiger partial charge in [-0.15, -0.1) is 0 Å². The number of aliphatic hydroxyl groups is 1. The standard InChI is InChI=1S/C29H45N5O6/c1-18-15-34(19(2)17-35)28(36)24-14-23(30-29(37)31-27-21(4)32-40-22(27)5)11-12-25(24)39-20(3)10-8-9-13-38-26(18)16-33(6)7/h11-12,14,18-20,26,35H,8-10,13,15-17H2,1-7H3,(H2,30,31,37)/t18-,19+,20+,26+/m0/s1. The highest BCUT2D eigenvalue weighted by Crippen LogP contribution is 2.29. The molecule has 3 N–H and O–H groups in total. The molecule has 0 fully saturated rings. The van der Waals surface area contributed by atoms with E-state index in [1.807, 2.05) is 27.9 Å². The minimum Gasteiger partial charge on any atom is -0.490 e. The third kappa shape index (κ3) is 8.42. The maximum atomic E-state index is 14.1. The molecule has 0 radical (unpaired) electrons. The number of anilines is 2. The number of ether oxygens (including phenoxy) is 2. The molecule has 2 heterocycles. The van der Waals surface area contributed by atoms with Gasteiger partial charge < -0.3 is 39.5 Å². The van der Waals surface area contributed by atoms with E-state index in [1.165, 1.54) is 0 Å². The van der Waals surface area contributed by atoms with Crippen LogP contribution in [0.4, 0.5) is 16.2 Å². The number of urea groups is 1. The normalized spacial score (nSPS) is 21.8. The predicted octanol–water partition coefficient (Wildman–Crippen LogP) is 4.29. The van der Waals surface area contributed by atoms with Crippen LogP contribution in [0.2, 0.25) is 0 Å². The molecule has 1 aromatic carbocycles. The predicted molar refractivity (Wildman–Crippen MR) is 154 cm³/mol. The fraction of sp³-hybridized carbons (Fsp3) is 0.621. The molecule has 4 atom stereocenters. The van der Waals surface area contributed by atoms with Crippen LogP contribution in [0.5, 0.6) is 5.75 Å². The van der Waals surface area contributed by atoms with Gasteiger partial charge in [-0.25, -0.2) is 4.79 Å². The summed E-state index contributed by atoms with van der Waals surface area (Å²) in [6.07, 6.45) is 2.45. The minimum absolute atomic E-state index is 0.00807. The smallest absolute Gasteiger partial charge is 0.323 e. The quantitative estimate of drug-likeness (QED) is 0.478. The van der Waals surface area contributed by atoms with E-state index in [-0.39, 0.29) is 30.6 Å². The molecule has 1 aliphatic rings. The second-order valence-electron chi connectivity index (χ2n) is 11.1. The average Bonchev–Trinajstić information content (AvgIpc) is 3.22. The molecule has 0 aliphatic carbocycles. The van der Waals surface area contributed by atoms with Crippen LogP contribution < -0.4 is 15.4 Å². The van der Waals surface area contributed by atoms with E-state index < -0.39 is 12.1 Å². The lowest BCUT2D eigenvalue weighted by molar-refractivity contribution is -0.0137. The lowest BCUT2D eigenvalue weighted by Crippen LogP contribution is -2.47. The molecule has 11 heteroatoms. The number of aromatic nitrogens is 1. The fourth-order valence-electron chi connectivity index (χ4n) is 4.76. The van der Waals surface area contributed by atoms with E-state index in [9.17, 15) is 14.7 Å². The molecular formula is C29H45N5O6. The molecule has 0 saturated heterocycles. The molecule has 40 heavy (non-hydrogen) atoms. The van der Waals surface area contributed by atoms with E-state index >= 15 is 0 Å². The Morgan fingerprint density at radius 3 is 2.62 bits per heavy atom. The zero-order valence-electron chi connectivity index (χ0n) is 24.8. The van der Waals surface area contributed by atoms with Crippen molar-refractivity contribution in [1.82, 2.24) is 15.0 Å². The van der Waals surface area contributed by atoms with Crippen molar-refractivity contribution in [2.75, 3.05) is 51.0 Å². The molecule has 0 saturated carbocycles. The van der Waals surface area contributed by atoms with Crippen molar-refractivity contribution in [3.05, 3.63) is 35.2 Å². The van der Waals surface area contributed by atoms with Gasteiger partial charge in [-0.05, 0) is 79.3 Å². The molecule has 3 amide bonds. The molecule has 0 spiro atoms. The summed E-state index contributed by atoms with van der Waals surface area (Å²) in [5.41, 5.74) is 1.80. The summed E-state index contributed by atoms with van der Waals surface area (Å²) in [6, 6.07) is 4.11. The van der Waals surface area contributed by atoms with Gasteiger partial charge in [-0.2, -0.15) is 0 Å². The van der Waals surface area contributed by atoms with Crippen LogP contribution in [0.3, 0.4) is 0 Å². The molecule has 0 bridgehead atoms. The number of nitrogens with zero attached hydrogens (tertiary/aromatic N) is 3. The number of aryl methyl sites for hydroxylation is 2. The molecule has 2 aromatic rings. The van der Waals surface area contributed by atoms with Crippen LogP contribution in [0, 0.1) is 19.8 Å². The number of likely N-dealkylation sites (N-methyl/N-ethyl adjacent to an activating group) is 1. The highest BCUT2D eigenvalue weighted by molar-refractivity contribution is 6.03. The van der Waals surface area contributed by atoms with Crippen molar-refractivity contribution in [2.24, 2.45) is 5.92 Å². The highest BCUT2D eigenvalue weighted by atomic mass is 16.5. The van der Waals surface area contributed by atoms with Gasteiger partial charge in [0.2, 0.25) is 0 Å². The van der Waals surface area contributed by atoms with Crippen LogP contribution in [-0.4, -0.2) is 90.6 Å². The maximum absolute atomic E-state index is 14.1. The van der Waals surface area contributed by atoms with Crippen molar-refractivity contribution in [3.63, 3.8) is 0 Å². The number of rotatable bonds is 6. The molecule has 3 rings (SSSR count). The summed E-state index contributed by atoms with van der Waals surface area (Å²) >= 11 is 0. The summed E-state index contributed by atoms with van der Waals surface area (Å²) in [5.74, 6) is 0.656. The Hall–Kier alpha value is -3.15. The fourth-order valence-corrected chi connectivity index (χ4v) is 4.76. The Bertz CT molecular complexity index is 1120. The molecule has 222 valence electrons. The van der Waals surface area contributed by atoms with Crippen LogP contribution >= 0.6 is 0 Å². The number of benzene rings is 1. The van der Waals surface area contributed by atoms with Crippen LogP contribution in [0.1, 0.15) is 61.8 Å². The van der Waals surface area contributed by atoms with E-state index in [0.717, 1.165) is 25.8 Å². The lowest BCUT2D eigenvalue weighted by atomic mass is 10.0. The van der Waals surface area contributed by atoms with Gasteiger partial charge in [0.1, 0.15) is 17.1 Å². The van der Waals surface area contributed by atoms with Crippen molar-refractivity contribution in [1.29, 1.82) is 0 Å². The minimum atomic E-state index is -0.491. The molecular weight excluding hydrogens is 514 g/mol. The molecule has 0 unspecified atom stereocenters. The van der Waals surface area contributed by atoms with Gasteiger partial charge in [0.25, 0.3) is 5.91 Å². The number of carbonyl (C=O) groups excluding carboxylic acids is 2. The number of amides is 3. The van der Waals surface area contributed by atoms with Crippen LogP contribution in [0.25, 0.3) is 0 Å². The Kier molecular flexibility index (Phi) is 11.4. The second-order valence-corrected chi connectivity index (χ2v) is 11.1. The van der Waals surface area contributed by atoms with Gasteiger partial charge in [0, 0.05) is 31.3 Å². The Labute approximate surface area is 237 Å².